The Morgan fingerprint density at radius 1 is 1.48 bits per heavy atom. The molecule has 3 rings (SSSR count). The van der Waals surface area contributed by atoms with E-state index in [4.69, 9.17) is 0 Å². The van der Waals surface area contributed by atoms with Crippen LogP contribution in [-0.4, -0.2) is 35.1 Å². The molecule has 2 aromatic rings. The molecule has 0 atom stereocenters. The Bertz CT molecular complexity index is 768. The molecule has 1 aliphatic heterocycles. The summed E-state index contributed by atoms with van der Waals surface area (Å²) in [5, 5.41) is 8.61. The molecule has 0 saturated carbocycles. The molecule has 2 N–H and O–H groups in total. The Hall–Kier alpha value is -1.70. The van der Waals surface area contributed by atoms with Crippen LogP contribution in [-0.2, 0) is 11.3 Å². The SMILES string of the molecule is Cl.O=C(CCn1cnc2sccc2c1=O)NCC1=CCNCC1. The van der Waals surface area contributed by atoms with Gasteiger partial charge < -0.3 is 10.6 Å². The Labute approximate surface area is 144 Å². The van der Waals surface area contributed by atoms with Gasteiger partial charge >= 0.3 is 0 Å². The van der Waals surface area contributed by atoms with E-state index in [0.29, 0.717) is 18.5 Å². The van der Waals surface area contributed by atoms with Crippen LogP contribution in [0.4, 0.5) is 0 Å². The number of hydrogen-bond acceptors (Lipinski definition) is 5. The van der Waals surface area contributed by atoms with Gasteiger partial charge in [0.1, 0.15) is 4.83 Å². The highest BCUT2D eigenvalue weighted by Crippen LogP contribution is 2.13. The summed E-state index contributed by atoms with van der Waals surface area (Å²) < 4.78 is 1.50. The molecule has 1 amide bonds. The molecular weight excluding hydrogens is 336 g/mol. The van der Waals surface area contributed by atoms with Crippen molar-refractivity contribution in [1.82, 2.24) is 20.2 Å². The molecule has 0 spiro atoms. The van der Waals surface area contributed by atoms with E-state index in [1.54, 1.807) is 6.07 Å². The first kappa shape index (κ1) is 17.7. The third-order valence-electron chi connectivity index (χ3n) is 3.70. The quantitative estimate of drug-likeness (QED) is 0.794. The molecular formula is C15H19ClN4O2S. The minimum Gasteiger partial charge on any atom is -0.352 e. The normalized spacial score (nSPS) is 14.2. The van der Waals surface area contributed by atoms with Crippen LogP contribution in [0.2, 0.25) is 0 Å². The van der Waals surface area contributed by atoms with E-state index in [2.05, 4.69) is 21.7 Å². The fourth-order valence-electron chi connectivity index (χ4n) is 2.41. The lowest BCUT2D eigenvalue weighted by Gasteiger charge is -2.14. The average Bonchev–Trinajstić information content (AvgIpc) is 3.03. The van der Waals surface area contributed by atoms with Crippen LogP contribution in [0.1, 0.15) is 12.8 Å². The van der Waals surface area contributed by atoms with Crippen molar-refractivity contribution >= 4 is 39.9 Å². The van der Waals surface area contributed by atoms with E-state index < -0.39 is 0 Å². The molecule has 0 fully saturated rings. The average molecular weight is 355 g/mol. The number of aromatic nitrogens is 2. The van der Waals surface area contributed by atoms with Crippen molar-refractivity contribution in [2.75, 3.05) is 19.6 Å². The van der Waals surface area contributed by atoms with Crippen molar-refractivity contribution in [3.63, 3.8) is 0 Å². The fraction of sp³-hybridized carbons (Fsp3) is 0.400. The van der Waals surface area contributed by atoms with E-state index in [1.807, 2.05) is 5.38 Å². The first-order chi connectivity index (χ1) is 10.7. The molecule has 0 aromatic carbocycles. The Morgan fingerprint density at radius 2 is 2.35 bits per heavy atom. The second-order valence-electron chi connectivity index (χ2n) is 5.23. The van der Waals surface area contributed by atoms with Gasteiger partial charge in [-0.25, -0.2) is 4.98 Å². The topological polar surface area (TPSA) is 76.0 Å². The zero-order valence-electron chi connectivity index (χ0n) is 12.6. The van der Waals surface area contributed by atoms with Crippen LogP contribution >= 0.6 is 23.7 Å². The van der Waals surface area contributed by atoms with Gasteiger partial charge in [-0.2, -0.15) is 0 Å². The fourth-order valence-corrected chi connectivity index (χ4v) is 3.13. The van der Waals surface area contributed by atoms with Gasteiger partial charge in [0.15, 0.2) is 0 Å². The number of thiophene rings is 1. The highest BCUT2D eigenvalue weighted by molar-refractivity contribution is 7.16. The number of carbonyl (C=O) groups is 1. The Balaban J connectivity index is 0.00000192. The van der Waals surface area contributed by atoms with Gasteiger partial charge in [-0.3, -0.25) is 14.2 Å². The van der Waals surface area contributed by atoms with Crippen LogP contribution in [0.3, 0.4) is 0 Å². The van der Waals surface area contributed by atoms with Gasteiger partial charge in [0.05, 0.1) is 11.7 Å². The van der Waals surface area contributed by atoms with Crippen LogP contribution < -0.4 is 16.2 Å². The molecule has 2 aromatic heterocycles. The van der Waals surface area contributed by atoms with Crippen molar-refractivity contribution in [2.24, 2.45) is 0 Å². The van der Waals surface area contributed by atoms with E-state index in [1.165, 1.54) is 27.8 Å². The summed E-state index contributed by atoms with van der Waals surface area (Å²) in [7, 11) is 0. The molecule has 0 bridgehead atoms. The summed E-state index contributed by atoms with van der Waals surface area (Å²) in [5.74, 6) is -0.0447. The van der Waals surface area contributed by atoms with Crippen LogP contribution in [0.5, 0.6) is 0 Å². The minimum absolute atomic E-state index is 0. The van der Waals surface area contributed by atoms with Crippen molar-refractivity contribution < 1.29 is 4.79 Å². The highest BCUT2D eigenvalue weighted by Gasteiger charge is 2.08. The van der Waals surface area contributed by atoms with Crippen molar-refractivity contribution in [3.8, 4) is 0 Å². The Morgan fingerprint density at radius 3 is 3.13 bits per heavy atom. The van der Waals surface area contributed by atoms with E-state index in [0.717, 1.165) is 24.3 Å². The lowest BCUT2D eigenvalue weighted by Crippen LogP contribution is -2.31. The zero-order chi connectivity index (χ0) is 15.4. The number of rotatable bonds is 5. The number of hydrogen-bond donors (Lipinski definition) is 2. The van der Waals surface area contributed by atoms with Gasteiger partial charge in [-0.1, -0.05) is 11.6 Å². The molecule has 3 heterocycles. The smallest absolute Gasteiger partial charge is 0.262 e. The number of fused-ring (bicyclic) bond motifs is 1. The van der Waals surface area contributed by atoms with E-state index in [9.17, 15) is 9.59 Å². The maximum Gasteiger partial charge on any atom is 0.262 e. The molecule has 1 aliphatic rings. The number of nitrogens with zero attached hydrogens (tertiary/aromatic N) is 2. The summed E-state index contributed by atoms with van der Waals surface area (Å²) in [6.45, 7) is 2.78. The standard InChI is InChI=1S/C15H18N4O2S.ClH/c20-13(17-9-11-1-5-16-6-2-11)3-7-19-10-18-14-12(15(19)21)4-8-22-14;/h1,4,8,10,16H,2-3,5-7,9H2,(H,17,20);1H. The monoisotopic (exact) mass is 354 g/mol. The lowest BCUT2D eigenvalue weighted by molar-refractivity contribution is -0.121. The number of nitrogens with one attached hydrogen (secondary N) is 2. The first-order valence-corrected chi connectivity index (χ1v) is 8.20. The van der Waals surface area contributed by atoms with Crippen LogP contribution in [0.15, 0.2) is 34.2 Å². The second kappa shape index (κ2) is 8.24. The maximum absolute atomic E-state index is 12.2. The predicted octanol–water partition coefficient (Wildman–Crippen LogP) is 1.31. The van der Waals surface area contributed by atoms with Gasteiger partial charge in [0.2, 0.25) is 5.91 Å². The van der Waals surface area contributed by atoms with Crippen molar-refractivity contribution in [2.45, 2.75) is 19.4 Å². The molecule has 23 heavy (non-hydrogen) atoms. The zero-order valence-corrected chi connectivity index (χ0v) is 14.2. The highest BCUT2D eigenvalue weighted by atomic mass is 35.5. The van der Waals surface area contributed by atoms with Crippen LogP contribution in [0, 0.1) is 0 Å². The summed E-state index contributed by atoms with van der Waals surface area (Å²) >= 11 is 1.44. The number of carbonyl (C=O) groups excluding carboxylic acids is 1. The molecule has 0 saturated heterocycles. The molecule has 6 nitrogen and oxygen atoms in total. The predicted molar refractivity (Wildman–Crippen MR) is 94.3 cm³/mol. The summed E-state index contributed by atoms with van der Waals surface area (Å²) in [6, 6.07) is 1.77. The third kappa shape index (κ3) is 4.40. The Kier molecular flexibility index (Phi) is 6.32. The first-order valence-electron chi connectivity index (χ1n) is 7.32. The third-order valence-corrected chi connectivity index (χ3v) is 4.52. The molecule has 0 aliphatic carbocycles. The number of halogens is 1. The molecule has 124 valence electrons. The molecule has 0 radical (unpaired) electrons. The van der Waals surface area contributed by atoms with Gasteiger partial charge in [0, 0.05) is 26.1 Å². The largest absolute Gasteiger partial charge is 0.352 e. The van der Waals surface area contributed by atoms with E-state index in [-0.39, 0.29) is 30.3 Å². The lowest BCUT2D eigenvalue weighted by atomic mass is 10.1. The van der Waals surface area contributed by atoms with Crippen LogP contribution in [0.25, 0.3) is 10.2 Å². The van der Waals surface area contributed by atoms with Gasteiger partial charge in [-0.15, -0.1) is 23.7 Å². The molecule has 0 unspecified atom stereocenters. The summed E-state index contributed by atoms with van der Waals surface area (Å²) in [5.41, 5.74) is 1.17. The maximum atomic E-state index is 12.2. The second-order valence-corrected chi connectivity index (χ2v) is 6.12. The molecule has 8 heteroatoms. The van der Waals surface area contributed by atoms with Gasteiger partial charge in [0.25, 0.3) is 5.56 Å². The van der Waals surface area contributed by atoms with E-state index >= 15 is 0 Å². The minimum atomic E-state index is -0.0832. The van der Waals surface area contributed by atoms with Gasteiger partial charge in [-0.05, 0) is 24.4 Å². The van der Waals surface area contributed by atoms with Crippen molar-refractivity contribution in [1.29, 1.82) is 0 Å². The number of amides is 1. The summed E-state index contributed by atoms with van der Waals surface area (Å²) in [6.07, 6.45) is 4.88. The number of aryl methyl sites for hydroxylation is 1. The van der Waals surface area contributed by atoms with Crippen molar-refractivity contribution in [3.05, 3.63) is 39.8 Å². The summed E-state index contributed by atoms with van der Waals surface area (Å²) in [4.78, 5) is 29.1.